The quantitative estimate of drug-likeness (QED) is 0.419. The monoisotopic (exact) mass is 421 g/mol. The van der Waals surface area contributed by atoms with E-state index in [0.29, 0.717) is 38.3 Å². The Hall–Kier alpha value is -1.28. The summed E-state index contributed by atoms with van der Waals surface area (Å²) in [7, 11) is 0. The first kappa shape index (κ1) is 17.8. The number of halogens is 2. The third-order valence-corrected chi connectivity index (χ3v) is 3.74. The maximum atomic E-state index is 10.5. The molecule has 6 nitrogen and oxygen atoms in total. The third-order valence-electron chi connectivity index (χ3n) is 2.57. The Bertz CT molecular complexity index is 475. The molecule has 0 saturated carbocycles. The summed E-state index contributed by atoms with van der Waals surface area (Å²) in [4.78, 5) is 20.7. The number of hydrogen-bond donors (Lipinski definition) is 3. The van der Waals surface area contributed by atoms with Crippen LogP contribution in [-0.2, 0) is 11.2 Å². The smallest absolute Gasteiger partial charge is 0.312 e. The standard InChI is InChI=1S/C13H17Br2N3O3/c14-10-6-9(2-4-17-8-19)7-11(15)12(10)21-5-1-3-18-13(16)20/h6-8H,1-5H2,(H,17,19)(H3,16,18,20). The normalized spacial score (nSPS) is 10.0. The van der Waals surface area contributed by atoms with Gasteiger partial charge in [0, 0.05) is 13.1 Å². The van der Waals surface area contributed by atoms with Crippen molar-refractivity contribution in [2.75, 3.05) is 19.7 Å². The van der Waals surface area contributed by atoms with Crippen LogP contribution in [0.5, 0.6) is 5.75 Å². The van der Waals surface area contributed by atoms with E-state index in [4.69, 9.17) is 10.5 Å². The van der Waals surface area contributed by atoms with Gasteiger partial charge in [0.15, 0.2) is 0 Å². The lowest BCUT2D eigenvalue weighted by molar-refractivity contribution is -0.109. The summed E-state index contributed by atoms with van der Waals surface area (Å²) in [5, 5.41) is 5.12. The van der Waals surface area contributed by atoms with Crippen molar-refractivity contribution in [3.8, 4) is 5.75 Å². The van der Waals surface area contributed by atoms with Gasteiger partial charge in [-0.3, -0.25) is 4.79 Å². The first-order valence-electron chi connectivity index (χ1n) is 6.35. The maximum Gasteiger partial charge on any atom is 0.312 e. The first-order valence-corrected chi connectivity index (χ1v) is 7.94. The molecule has 1 rings (SSSR count). The van der Waals surface area contributed by atoms with Crippen molar-refractivity contribution in [2.45, 2.75) is 12.8 Å². The predicted molar refractivity (Wildman–Crippen MR) is 87.3 cm³/mol. The molecule has 8 heteroatoms. The van der Waals surface area contributed by atoms with Gasteiger partial charge >= 0.3 is 6.03 Å². The van der Waals surface area contributed by atoms with Gasteiger partial charge in [-0.05, 0) is 62.4 Å². The van der Waals surface area contributed by atoms with Crippen LogP contribution in [0, 0.1) is 0 Å². The fourth-order valence-corrected chi connectivity index (χ4v) is 3.14. The first-order chi connectivity index (χ1) is 10.0. The van der Waals surface area contributed by atoms with Crippen LogP contribution in [0.15, 0.2) is 21.1 Å². The van der Waals surface area contributed by atoms with Crippen molar-refractivity contribution < 1.29 is 14.3 Å². The number of amides is 3. The number of benzene rings is 1. The lowest BCUT2D eigenvalue weighted by Gasteiger charge is -2.12. The summed E-state index contributed by atoms with van der Waals surface area (Å²) < 4.78 is 7.34. The van der Waals surface area contributed by atoms with Crippen LogP contribution in [0.25, 0.3) is 0 Å². The Morgan fingerprint density at radius 2 is 1.95 bits per heavy atom. The minimum absolute atomic E-state index is 0.462. The zero-order valence-corrected chi connectivity index (χ0v) is 14.5. The van der Waals surface area contributed by atoms with Crippen LogP contribution in [-0.4, -0.2) is 32.1 Å². The average Bonchev–Trinajstić information content (AvgIpc) is 2.41. The Morgan fingerprint density at radius 1 is 1.29 bits per heavy atom. The van der Waals surface area contributed by atoms with E-state index in [0.717, 1.165) is 20.9 Å². The molecule has 1 aromatic carbocycles. The number of urea groups is 1. The van der Waals surface area contributed by atoms with E-state index in [1.807, 2.05) is 12.1 Å². The van der Waals surface area contributed by atoms with E-state index in [9.17, 15) is 9.59 Å². The van der Waals surface area contributed by atoms with Gasteiger partial charge in [-0.15, -0.1) is 0 Å². The maximum absolute atomic E-state index is 10.5. The highest BCUT2D eigenvalue weighted by atomic mass is 79.9. The molecule has 116 valence electrons. The number of nitrogens with one attached hydrogen (secondary N) is 2. The lowest BCUT2D eigenvalue weighted by Crippen LogP contribution is -2.30. The number of carbonyl (C=O) groups excluding carboxylic acids is 2. The summed E-state index contributed by atoms with van der Waals surface area (Å²) in [5.41, 5.74) is 6.04. The van der Waals surface area contributed by atoms with Crippen LogP contribution in [0.3, 0.4) is 0 Å². The molecular weight excluding hydrogens is 406 g/mol. The SMILES string of the molecule is NC(=O)NCCCOc1c(Br)cc(CCNC=O)cc1Br. The van der Waals surface area contributed by atoms with Crippen molar-refractivity contribution in [3.05, 3.63) is 26.6 Å². The van der Waals surface area contributed by atoms with E-state index in [1.165, 1.54) is 0 Å². The van der Waals surface area contributed by atoms with E-state index in [-0.39, 0.29) is 0 Å². The number of hydrogen-bond acceptors (Lipinski definition) is 3. The predicted octanol–water partition coefficient (Wildman–Crippen LogP) is 1.94. The molecule has 0 saturated heterocycles. The minimum Gasteiger partial charge on any atom is -0.491 e. The summed E-state index contributed by atoms with van der Waals surface area (Å²) in [5.74, 6) is 0.709. The summed E-state index contributed by atoms with van der Waals surface area (Å²) in [6, 6.07) is 3.37. The Balaban J connectivity index is 2.51. The number of rotatable bonds is 9. The summed E-state index contributed by atoms with van der Waals surface area (Å²) in [6.45, 7) is 1.52. The lowest BCUT2D eigenvalue weighted by atomic mass is 10.1. The zero-order valence-electron chi connectivity index (χ0n) is 11.3. The average molecular weight is 423 g/mol. The molecule has 21 heavy (non-hydrogen) atoms. The molecule has 0 radical (unpaired) electrons. The number of ether oxygens (including phenoxy) is 1. The molecule has 0 fully saturated rings. The number of carbonyl (C=O) groups is 2. The van der Waals surface area contributed by atoms with Crippen LogP contribution < -0.4 is 21.1 Å². The van der Waals surface area contributed by atoms with E-state index in [2.05, 4.69) is 42.5 Å². The highest BCUT2D eigenvalue weighted by molar-refractivity contribution is 9.11. The largest absolute Gasteiger partial charge is 0.491 e. The third kappa shape index (κ3) is 6.81. The molecule has 0 aliphatic heterocycles. The van der Waals surface area contributed by atoms with Crippen LogP contribution >= 0.6 is 31.9 Å². The van der Waals surface area contributed by atoms with Crippen molar-refractivity contribution in [3.63, 3.8) is 0 Å². The number of nitrogens with two attached hydrogens (primary N) is 1. The molecule has 0 spiro atoms. The zero-order chi connectivity index (χ0) is 15.7. The Labute approximate surface area is 140 Å². The van der Waals surface area contributed by atoms with Gasteiger partial charge in [0.25, 0.3) is 0 Å². The van der Waals surface area contributed by atoms with E-state index >= 15 is 0 Å². The molecule has 0 unspecified atom stereocenters. The molecule has 3 amide bonds. The molecule has 0 bridgehead atoms. The van der Waals surface area contributed by atoms with Crippen molar-refractivity contribution in [1.29, 1.82) is 0 Å². The van der Waals surface area contributed by atoms with Gasteiger partial charge in [0.1, 0.15) is 5.75 Å². The Kier molecular flexibility index (Phi) is 8.14. The van der Waals surface area contributed by atoms with Gasteiger partial charge < -0.3 is 21.1 Å². The van der Waals surface area contributed by atoms with Crippen LogP contribution in [0.4, 0.5) is 4.79 Å². The fraction of sp³-hybridized carbons (Fsp3) is 0.385. The second-order valence-electron chi connectivity index (χ2n) is 4.20. The van der Waals surface area contributed by atoms with Crippen molar-refractivity contribution >= 4 is 44.3 Å². The second kappa shape index (κ2) is 9.62. The fourth-order valence-electron chi connectivity index (χ4n) is 1.63. The number of primary amides is 1. The van der Waals surface area contributed by atoms with Gasteiger partial charge in [-0.25, -0.2) is 4.79 Å². The summed E-state index contributed by atoms with van der Waals surface area (Å²) >= 11 is 6.93. The van der Waals surface area contributed by atoms with Gasteiger partial charge in [0.05, 0.1) is 15.6 Å². The van der Waals surface area contributed by atoms with Gasteiger partial charge in [-0.1, -0.05) is 0 Å². The van der Waals surface area contributed by atoms with Crippen molar-refractivity contribution in [1.82, 2.24) is 10.6 Å². The molecule has 0 aliphatic rings. The topological polar surface area (TPSA) is 93.5 Å². The molecule has 0 atom stereocenters. The van der Waals surface area contributed by atoms with Gasteiger partial charge in [-0.2, -0.15) is 0 Å². The minimum atomic E-state index is -0.536. The molecular formula is C13H17Br2N3O3. The van der Waals surface area contributed by atoms with Crippen LogP contribution in [0.1, 0.15) is 12.0 Å². The highest BCUT2D eigenvalue weighted by Gasteiger charge is 2.09. The van der Waals surface area contributed by atoms with Crippen molar-refractivity contribution in [2.24, 2.45) is 5.73 Å². The Morgan fingerprint density at radius 3 is 2.52 bits per heavy atom. The van der Waals surface area contributed by atoms with E-state index in [1.54, 1.807) is 0 Å². The molecule has 0 heterocycles. The van der Waals surface area contributed by atoms with Crippen LogP contribution in [0.2, 0.25) is 0 Å². The van der Waals surface area contributed by atoms with E-state index < -0.39 is 6.03 Å². The molecule has 4 N–H and O–H groups in total. The van der Waals surface area contributed by atoms with Gasteiger partial charge in [0.2, 0.25) is 6.41 Å². The molecule has 0 aliphatic carbocycles. The summed E-state index contributed by atoms with van der Waals surface area (Å²) in [6.07, 6.45) is 2.08. The second-order valence-corrected chi connectivity index (χ2v) is 5.91. The molecule has 1 aromatic rings. The highest BCUT2D eigenvalue weighted by Crippen LogP contribution is 2.34. The molecule has 0 aromatic heterocycles.